The summed E-state index contributed by atoms with van der Waals surface area (Å²) in [4.78, 5) is 4.28. The van der Waals surface area contributed by atoms with Crippen molar-refractivity contribution in [1.29, 1.82) is 0 Å². The first kappa shape index (κ1) is 10.4. The standard InChI is InChI=1S/C10H15NOS/c1-8(2)13-7-9-10(12-3)5-4-6-11-9/h4-6,8H,7H2,1-3H3. The number of aromatic nitrogens is 1. The summed E-state index contributed by atoms with van der Waals surface area (Å²) >= 11 is 1.87. The van der Waals surface area contributed by atoms with E-state index in [1.165, 1.54) is 0 Å². The van der Waals surface area contributed by atoms with Crippen LogP contribution in [0.25, 0.3) is 0 Å². The number of nitrogens with zero attached hydrogens (tertiary/aromatic N) is 1. The Morgan fingerprint density at radius 2 is 2.31 bits per heavy atom. The van der Waals surface area contributed by atoms with Crippen LogP contribution in [-0.4, -0.2) is 17.3 Å². The highest BCUT2D eigenvalue weighted by molar-refractivity contribution is 7.99. The first-order valence-corrected chi connectivity index (χ1v) is 5.38. The molecule has 1 rings (SSSR count). The molecule has 0 atom stereocenters. The van der Waals surface area contributed by atoms with Crippen LogP contribution in [0, 0.1) is 0 Å². The van der Waals surface area contributed by atoms with E-state index in [0.29, 0.717) is 5.25 Å². The Morgan fingerprint density at radius 1 is 1.54 bits per heavy atom. The SMILES string of the molecule is COc1cccnc1CSC(C)C. The van der Waals surface area contributed by atoms with Crippen molar-refractivity contribution in [2.45, 2.75) is 24.9 Å². The highest BCUT2D eigenvalue weighted by Gasteiger charge is 2.04. The largest absolute Gasteiger partial charge is 0.495 e. The molecule has 1 aromatic heterocycles. The van der Waals surface area contributed by atoms with E-state index >= 15 is 0 Å². The zero-order valence-electron chi connectivity index (χ0n) is 8.28. The van der Waals surface area contributed by atoms with Gasteiger partial charge in [-0.3, -0.25) is 4.98 Å². The molecule has 0 bridgehead atoms. The molecule has 1 aromatic rings. The summed E-state index contributed by atoms with van der Waals surface area (Å²) in [5, 5.41) is 0.631. The second kappa shape index (κ2) is 5.12. The summed E-state index contributed by atoms with van der Waals surface area (Å²) < 4.78 is 5.20. The number of hydrogen-bond acceptors (Lipinski definition) is 3. The summed E-state index contributed by atoms with van der Waals surface area (Å²) in [6.07, 6.45) is 1.80. The monoisotopic (exact) mass is 197 g/mol. The van der Waals surface area contributed by atoms with E-state index in [0.717, 1.165) is 17.2 Å². The van der Waals surface area contributed by atoms with Gasteiger partial charge in [-0.15, -0.1) is 0 Å². The molecule has 0 aliphatic heterocycles. The smallest absolute Gasteiger partial charge is 0.141 e. The van der Waals surface area contributed by atoms with Gasteiger partial charge < -0.3 is 4.74 Å². The molecule has 0 amide bonds. The molecule has 0 radical (unpaired) electrons. The molecule has 0 unspecified atom stereocenters. The van der Waals surface area contributed by atoms with E-state index in [4.69, 9.17) is 4.74 Å². The second-order valence-electron chi connectivity index (χ2n) is 3.01. The summed E-state index contributed by atoms with van der Waals surface area (Å²) in [7, 11) is 1.68. The van der Waals surface area contributed by atoms with E-state index in [-0.39, 0.29) is 0 Å². The predicted molar refractivity (Wildman–Crippen MR) is 57.2 cm³/mol. The molecule has 13 heavy (non-hydrogen) atoms. The van der Waals surface area contributed by atoms with Crippen LogP contribution >= 0.6 is 11.8 Å². The summed E-state index contributed by atoms with van der Waals surface area (Å²) in [6.45, 7) is 4.36. The molecule has 0 saturated carbocycles. The average Bonchev–Trinajstić information content (AvgIpc) is 2.15. The van der Waals surface area contributed by atoms with Crippen molar-refractivity contribution in [1.82, 2.24) is 4.98 Å². The zero-order chi connectivity index (χ0) is 9.68. The molecule has 3 heteroatoms. The number of hydrogen-bond donors (Lipinski definition) is 0. The predicted octanol–water partition coefficient (Wildman–Crippen LogP) is 2.73. The normalized spacial score (nSPS) is 10.5. The minimum Gasteiger partial charge on any atom is -0.495 e. The van der Waals surface area contributed by atoms with Crippen LogP contribution < -0.4 is 4.74 Å². The lowest BCUT2D eigenvalue weighted by Crippen LogP contribution is -1.95. The maximum atomic E-state index is 5.20. The average molecular weight is 197 g/mol. The third kappa shape index (κ3) is 3.27. The van der Waals surface area contributed by atoms with Crippen LogP contribution in [-0.2, 0) is 5.75 Å². The van der Waals surface area contributed by atoms with Crippen LogP contribution in [0.15, 0.2) is 18.3 Å². The molecular formula is C10H15NOS. The van der Waals surface area contributed by atoms with Crippen LogP contribution in [0.3, 0.4) is 0 Å². The van der Waals surface area contributed by atoms with Crippen molar-refractivity contribution >= 4 is 11.8 Å². The van der Waals surface area contributed by atoms with Gasteiger partial charge in [0.2, 0.25) is 0 Å². The Hall–Kier alpha value is -0.700. The molecule has 0 N–H and O–H groups in total. The Kier molecular flexibility index (Phi) is 4.09. The highest BCUT2D eigenvalue weighted by Crippen LogP contribution is 2.22. The minimum atomic E-state index is 0.631. The molecule has 0 aliphatic carbocycles. The molecule has 0 saturated heterocycles. The summed E-state index contributed by atoms with van der Waals surface area (Å²) in [5.74, 6) is 1.80. The number of pyridine rings is 1. The van der Waals surface area contributed by atoms with Crippen LogP contribution in [0.2, 0.25) is 0 Å². The van der Waals surface area contributed by atoms with Crippen molar-refractivity contribution < 1.29 is 4.74 Å². The Morgan fingerprint density at radius 3 is 2.92 bits per heavy atom. The Bertz CT molecular complexity index is 263. The molecule has 72 valence electrons. The van der Waals surface area contributed by atoms with Crippen LogP contribution in [0.5, 0.6) is 5.75 Å². The zero-order valence-corrected chi connectivity index (χ0v) is 9.10. The second-order valence-corrected chi connectivity index (χ2v) is 4.58. The Balaban J connectivity index is 2.64. The van der Waals surface area contributed by atoms with Gasteiger partial charge in [-0.2, -0.15) is 11.8 Å². The number of ether oxygens (including phenoxy) is 1. The van der Waals surface area contributed by atoms with Crippen molar-refractivity contribution in [3.63, 3.8) is 0 Å². The molecule has 0 aliphatic rings. The van der Waals surface area contributed by atoms with Crippen molar-refractivity contribution in [3.8, 4) is 5.75 Å². The minimum absolute atomic E-state index is 0.631. The number of rotatable bonds is 4. The van der Waals surface area contributed by atoms with E-state index in [1.807, 2.05) is 23.9 Å². The first-order valence-electron chi connectivity index (χ1n) is 4.33. The number of methoxy groups -OCH3 is 1. The van der Waals surface area contributed by atoms with E-state index in [9.17, 15) is 0 Å². The summed E-state index contributed by atoms with van der Waals surface area (Å²) in [6, 6.07) is 3.84. The van der Waals surface area contributed by atoms with Crippen molar-refractivity contribution in [3.05, 3.63) is 24.0 Å². The molecule has 0 aromatic carbocycles. The van der Waals surface area contributed by atoms with Gasteiger partial charge in [0.15, 0.2) is 0 Å². The molecule has 1 heterocycles. The van der Waals surface area contributed by atoms with E-state index in [2.05, 4.69) is 18.8 Å². The lowest BCUT2D eigenvalue weighted by atomic mass is 10.3. The molecule has 0 fully saturated rings. The summed E-state index contributed by atoms with van der Waals surface area (Å²) in [5.41, 5.74) is 1.03. The van der Waals surface area contributed by atoms with Gasteiger partial charge in [-0.05, 0) is 17.4 Å². The maximum absolute atomic E-state index is 5.20. The van der Waals surface area contributed by atoms with Crippen LogP contribution in [0.1, 0.15) is 19.5 Å². The third-order valence-electron chi connectivity index (χ3n) is 1.62. The number of thioether (sulfide) groups is 1. The van der Waals surface area contributed by atoms with Crippen molar-refractivity contribution in [2.75, 3.05) is 7.11 Å². The molecule has 2 nitrogen and oxygen atoms in total. The van der Waals surface area contributed by atoms with E-state index in [1.54, 1.807) is 13.3 Å². The third-order valence-corrected chi connectivity index (χ3v) is 2.73. The fourth-order valence-electron chi connectivity index (χ4n) is 0.963. The van der Waals surface area contributed by atoms with E-state index < -0.39 is 0 Å². The van der Waals surface area contributed by atoms with Crippen molar-refractivity contribution in [2.24, 2.45) is 0 Å². The molecule has 0 spiro atoms. The van der Waals surface area contributed by atoms with Gasteiger partial charge in [0.05, 0.1) is 12.8 Å². The topological polar surface area (TPSA) is 22.1 Å². The van der Waals surface area contributed by atoms with Gasteiger partial charge >= 0.3 is 0 Å². The van der Waals surface area contributed by atoms with Gasteiger partial charge in [0.25, 0.3) is 0 Å². The lowest BCUT2D eigenvalue weighted by molar-refractivity contribution is 0.409. The quantitative estimate of drug-likeness (QED) is 0.741. The van der Waals surface area contributed by atoms with Gasteiger partial charge in [-0.25, -0.2) is 0 Å². The van der Waals surface area contributed by atoms with Crippen LogP contribution in [0.4, 0.5) is 0 Å². The first-order chi connectivity index (χ1) is 6.24. The van der Waals surface area contributed by atoms with Gasteiger partial charge in [0, 0.05) is 11.9 Å². The molecular weight excluding hydrogens is 182 g/mol. The lowest BCUT2D eigenvalue weighted by Gasteiger charge is -2.07. The fourth-order valence-corrected chi connectivity index (χ4v) is 1.67. The highest BCUT2D eigenvalue weighted by atomic mass is 32.2. The maximum Gasteiger partial charge on any atom is 0.141 e. The Labute approximate surface area is 83.7 Å². The fraction of sp³-hybridized carbons (Fsp3) is 0.500. The van der Waals surface area contributed by atoms with Gasteiger partial charge in [-0.1, -0.05) is 13.8 Å². The van der Waals surface area contributed by atoms with Gasteiger partial charge in [0.1, 0.15) is 5.75 Å².